The molecule has 2 aromatic carbocycles. The zero-order valence-corrected chi connectivity index (χ0v) is 21.9. The lowest BCUT2D eigenvalue weighted by Crippen LogP contribution is -2.10. The first-order valence-electron chi connectivity index (χ1n) is 11.5. The van der Waals surface area contributed by atoms with E-state index in [1.165, 1.54) is 55.8 Å². The molecule has 0 bridgehead atoms. The van der Waals surface area contributed by atoms with Crippen LogP contribution in [-0.4, -0.2) is 16.3 Å². The molecular weight excluding hydrogens is 524 g/mol. The van der Waals surface area contributed by atoms with Gasteiger partial charge >= 0.3 is 5.97 Å². The van der Waals surface area contributed by atoms with Crippen LogP contribution in [0.1, 0.15) is 40.0 Å². The predicted octanol–water partition coefficient (Wildman–Crippen LogP) is 8.41. The molecular formula is C29H25BrO2S2. The van der Waals surface area contributed by atoms with E-state index in [1.807, 2.05) is 35.0 Å². The van der Waals surface area contributed by atoms with Crippen molar-refractivity contribution in [2.24, 2.45) is 0 Å². The smallest absolute Gasteiger partial charge is 0.304 e. The number of fused-ring (bicyclic) bond motifs is 5. The van der Waals surface area contributed by atoms with E-state index in [2.05, 4.69) is 70.5 Å². The number of carbonyl (C=O) groups is 1. The molecule has 2 heterocycles. The first-order valence-corrected chi connectivity index (χ1v) is 14.0. The molecule has 0 spiro atoms. The second-order valence-corrected chi connectivity index (χ2v) is 12.2. The summed E-state index contributed by atoms with van der Waals surface area (Å²) < 4.78 is 1.21. The fraction of sp³-hybridized carbons (Fsp3) is 0.207. The quantitative estimate of drug-likeness (QED) is 0.356. The van der Waals surface area contributed by atoms with Crippen molar-refractivity contribution < 1.29 is 9.90 Å². The number of allylic oxidation sites excluding steroid dienone is 3. The monoisotopic (exact) mass is 548 g/mol. The lowest BCUT2D eigenvalue weighted by Gasteiger charge is -2.26. The van der Waals surface area contributed by atoms with Gasteiger partial charge in [-0.05, 0) is 98.1 Å². The largest absolute Gasteiger partial charge is 0.481 e. The zero-order valence-electron chi connectivity index (χ0n) is 18.7. The van der Waals surface area contributed by atoms with Crippen LogP contribution in [0.25, 0.3) is 22.8 Å². The van der Waals surface area contributed by atoms with Crippen LogP contribution >= 0.6 is 39.0 Å². The van der Waals surface area contributed by atoms with Crippen LogP contribution in [0.5, 0.6) is 0 Å². The highest BCUT2D eigenvalue weighted by Crippen LogP contribution is 2.41. The third-order valence-corrected chi connectivity index (χ3v) is 9.11. The van der Waals surface area contributed by atoms with E-state index in [0.717, 1.165) is 6.42 Å². The molecule has 2 nitrogen and oxygen atoms in total. The van der Waals surface area contributed by atoms with Crippen LogP contribution in [0.2, 0.25) is 0 Å². The minimum atomic E-state index is -0.738. The Balaban J connectivity index is 0.000000204. The van der Waals surface area contributed by atoms with E-state index >= 15 is 0 Å². The maximum absolute atomic E-state index is 10.2. The van der Waals surface area contributed by atoms with Gasteiger partial charge in [0.25, 0.3) is 0 Å². The summed E-state index contributed by atoms with van der Waals surface area (Å²) in [7, 11) is 0. The molecule has 172 valence electrons. The average Bonchev–Trinajstić information content (AvgIpc) is 3.30. The third-order valence-electron chi connectivity index (χ3n) is 6.43. The molecule has 3 aromatic rings. The maximum Gasteiger partial charge on any atom is 0.304 e. The number of thiophene rings is 1. The van der Waals surface area contributed by atoms with Gasteiger partial charge in [-0.25, -0.2) is 0 Å². The van der Waals surface area contributed by atoms with Gasteiger partial charge in [-0.3, -0.25) is 4.79 Å². The minimum absolute atomic E-state index is 0.127. The Bertz CT molecular complexity index is 1320. The summed E-state index contributed by atoms with van der Waals surface area (Å²) in [4.78, 5) is 11.6. The van der Waals surface area contributed by atoms with Crippen LogP contribution < -0.4 is 0 Å². The van der Waals surface area contributed by atoms with E-state index in [4.69, 9.17) is 5.11 Å². The van der Waals surface area contributed by atoms with Gasteiger partial charge in [0.05, 0.1) is 10.2 Å². The first kappa shape index (κ1) is 23.4. The fourth-order valence-electron chi connectivity index (χ4n) is 4.85. The molecule has 1 atom stereocenters. The summed E-state index contributed by atoms with van der Waals surface area (Å²) in [6.07, 6.45) is 13.0. The van der Waals surface area contributed by atoms with Gasteiger partial charge in [0.2, 0.25) is 0 Å². The molecule has 0 amide bonds. The number of thioether (sulfide) groups is 1. The van der Waals surface area contributed by atoms with Crippen LogP contribution in [0.15, 0.2) is 76.0 Å². The third kappa shape index (κ3) is 5.17. The first-order chi connectivity index (χ1) is 16.6. The number of aliphatic carboxylic acids is 1. The number of benzene rings is 2. The Morgan fingerprint density at radius 1 is 0.941 bits per heavy atom. The molecule has 34 heavy (non-hydrogen) atoms. The van der Waals surface area contributed by atoms with Crippen LogP contribution in [0, 0.1) is 0 Å². The van der Waals surface area contributed by atoms with Crippen LogP contribution in [-0.2, 0) is 24.1 Å². The second-order valence-electron chi connectivity index (χ2n) is 8.58. The minimum Gasteiger partial charge on any atom is -0.481 e. The summed E-state index contributed by atoms with van der Waals surface area (Å²) in [5.74, 6) is -0.738. The van der Waals surface area contributed by atoms with Crippen LogP contribution in [0.4, 0.5) is 0 Å². The van der Waals surface area contributed by atoms with Crippen molar-refractivity contribution >= 4 is 56.6 Å². The molecule has 1 aromatic heterocycles. The van der Waals surface area contributed by atoms with Gasteiger partial charge in [0.1, 0.15) is 0 Å². The van der Waals surface area contributed by atoms with Crippen molar-refractivity contribution in [3.8, 4) is 11.1 Å². The molecule has 0 saturated carbocycles. The summed E-state index contributed by atoms with van der Waals surface area (Å²) >= 11 is 6.97. The predicted molar refractivity (Wildman–Crippen MR) is 149 cm³/mol. The Morgan fingerprint density at radius 3 is 2.56 bits per heavy atom. The van der Waals surface area contributed by atoms with E-state index in [0.29, 0.717) is 0 Å². The van der Waals surface area contributed by atoms with Crippen molar-refractivity contribution in [3.63, 3.8) is 0 Å². The Kier molecular flexibility index (Phi) is 7.23. The van der Waals surface area contributed by atoms with Crippen molar-refractivity contribution in [1.82, 2.24) is 0 Å². The van der Waals surface area contributed by atoms with Crippen molar-refractivity contribution in [2.45, 2.75) is 37.4 Å². The molecule has 1 unspecified atom stereocenters. The van der Waals surface area contributed by atoms with Crippen LogP contribution in [0.3, 0.4) is 0 Å². The molecule has 2 aliphatic carbocycles. The van der Waals surface area contributed by atoms with E-state index in [-0.39, 0.29) is 11.7 Å². The summed E-state index contributed by atoms with van der Waals surface area (Å²) in [6, 6.07) is 18.0. The van der Waals surface area contributed by atoms with Gasteiger partial charge in [0, 0.05) is 10.1 Å². The number of rotatable bonds is 3. The normalized spacial score (nSPS) is 17.6. The molecule has 0 saturated heterocycles. The van der Waals surface area contributed by atoms with Crippen molar-refractivity contribution in [2.75, 3.05) is 0 Å². The fourth-order valence-corrected chi connectivity index (χ4v) is 7.09. The second kappa shape index (κ2) is 10.5. The summed E-state index contributed by atoms with van der Waals surface area (Å²) in [5.41, 5.74) is 10.5. The number of carboxylic acid groups (broad SMARTS) is 1. The number of carboxylic acids is 1. The molecule has 1 N–H and O–H groups in total. The highest BCUT2D eigenvalue weighted by Gasteiger charge is 2.22. The molecule has 1 aliphatic heterocycles. The van der Waals surface area contributed by atoms with Gasteiger partial charge in [-0.1, -0.05) is 60.7 Å². The van der Waals surface area contributed by atoms with Crippen molar-refractivity contribution in [3.05, 3.63) is 103 Å². The maximum atomic E-state index is 10.2. The topological polar surface area (TPSA) is 37.3 Å². The van der Waals surface area contributed by atoms with Gasteiger partial charge < -0.3 is 5.11 Å². The van der Waals surface area contributed by atoms with E-state index < -0.39 is 5.97 Å². The Morgan fingerprint density at radius 2 is 1.79 bits per heavy atom. The highest BCUT2D eigenvalue weighted by atomic mass is 79.9. The molecule has 0 radical (unpaired) electrons. The number of halogens is 1. The molecule has 5 heteroatoms. The standard InChI is InChI=1S/C22H17BrS.C7H8O2S/c23-22-12-11-21(24-22)16-7-8-18-15(13-16)6-10-19-17-4-2-1-3-14(17)5-9-20(18)19;8-7(9)5-6-3-1-2-4-10-6/h1-4,6,10-13H,5,7-9H2;1-4,6H,5H2,(H,8,9). The molecule has 6 rings (SSSR count). The Labute approximate surface area is 217 Å². The van der Waals surface area contributed by atoms with E-state index in [9.17, 15) is 4.79 Å². The number of hydrogen-bond donors (Lipinski definition) is 1. The number of hydrogen-bond acceptors (Lipinski definition) is 3. The summed E-state index contributed by atoms with van der Waals surface area (Å²) in [6.45, 7) is 0. The van der Waals surface area contributed by atoms with Crippen molar-refractivity contribution in [1.29, 1.82) is 0 Å². The van der Waals surface area contributed by atoms with E-state index in [1.54, 1.807) is 22.9 Å². The lowest BCUT2D eigenvalue weighted by molar-refractivity contribution is -0.136. The van der Waals surface area contributed by atoms with Gasteiger partial charge in [-0.15, -0.1) is 23.1 Å². The molecule has 3 aliphatic rings. The SMILES string of the molecule is Brc1ccc(C2=Cc3ccc4c(c3CC2)CCc2ccccc2-4)s1.O=C(O)CC1C=CC=CS1. The van der Waals surface area contributed by atoms with Gasteiger partial charge in [-0.2, -0.15) is 0 Å². The lowest BCUT2D eigenvalue weighted by atomic mass is 9.78. The highest BCUT2D eigenvalue weighted by molar-refractivity contribution is 9.11. The Hall–Kier alpha value is -2.34. The summed E-state index contributed by atoms with van der Waals surface area (Å²) in [5, 5.41) is 10.4. The number of aryl methyl sites for hydroxylation is 1. The zero-order chi connectivity index (χ0) is 23.5. The average molecular weight is 550 g/mol. The molecule has 0 fully saturated rings. The van der Waals surface area contributed by atoms with Gasteiger partial charge in [0.15, 0.2) is 0 Å².